The van der Waals surface area contributed by atoms with Gasteiger partial charge in [-0.05, 0) is 13.0 Å². The highest BCUT2D eigenvalue weighted by molar-refractivity contribution is 5.86. The number of hydrogen-bond acceptors (Lipinski definition) is 5. The lowest BCUT2D eigenvalue weighted by molar-refractivity contribution is -0.385. The third-order valence-electron chi connectivity index (χ3n) is 1.89. The van der Waals surface area contributed by atoms with E-state index in [9.17, 15) is 14.9 Å². The number of carbonyl (C=O) groups is 1. The highest BCUT2D eigenvalue weighted by Gasteiger charge is 2.09. The molecule has 1 aromatic rings. The second kappa shape index (κ2) is 6.37. The van der Waals surface area contributed by atoms with Gasteiger partial charge in [-0.3, -0.25) is 19.9 Å². The summed E-state index contributed by atoms with van der Waals surface area (Å²) in [7, 11) is 0. The second-order valence-corrected chi connectivity index (χ2v) is 3.09. The number of ether oxygens (including phenoxy) is 1. The molecule has 0 unspecified atom stereocenters. The van der Waals surface area contributed by atoms with Gasteiger partial charge < -0.3 is 4.74 Å². The normalized spacial score (nSPS) is 10.4. The standard InChI is InChI=1S/C11H12N2O4/c1-2-17-11(14)8-12-7-9-5-3-4-6-10(9)13(15)16/h3-7H,2,8H2,1H3. The lowest BCUT2D eigenvalue weighted by Crippen LogP contribution is -2.07. The summed E-state index contributed by atoms with van der Waals surface area (Å²) >= 11 is 0. The SMILES string of the molecule is CCOC(=O)CN=Cc1ccccc1[N+](=O)[O-]. The average Bonchev–Trinajstić information content (AvgIpc) is 2.30. The van der Waals surface area contributed by atoms with Gasteiger partial charge in [-0.25, -0.2) is 0 Å². The number of benzene rings is 1. The maximum absolute atomic E-state index is 11.0. The highest BCUT2D eigenvalue weighted by Crippen LogP contribution is 2.15. The molecule has 1 rings (SSSR count). The Bertz CT molecular complexity index is 443. The van der Waals surface area contributed by atoms with Crippen molar-refractivity contribution in [3.63, 3.8) is 0 Å². The van der Waals surface area contributed by atoms with Crippen LogP contribution in [0.1, 0.15) is 12.5 Å². The molecule has 0 amide bonds. The summed E-state index contributed by atoms with van der Waals surface area (Å²) in [5, 5.41) is 10.7. The maximum Gasteiger partial charge on any atom is 0.327 e. The smallest absolute Gasteiger partial charge is 0.327 e. The van der Waals surface area contributed by atoms with Gasteiger partial charge in [0.1, 0.15) is 6.54 Å². The summed E-state index contributed by atoms with van der Waals surface area (Å²) in [6.07, 6.45) is 1.30. The molecule has 0 radical (unpaired) electrons. The van der Waals surface area contributed by atoms with E-state index >= 15 is 0 Å². The molecule has 0 aliphatic heterocycles. The monoisotopic (exact) mass is 236 g/mol. The van der Waals surface area contributed by atoms with E-state index in [2.05, 4.69) is 9.73 Å². The van der Waals surface area contributed by atoms with Crippen molar-refractivity contribution in [2.75, 3.05) is 13.2 Å². The van der Waals surface area contributed by atoms with E-state index in [1.54, 1.807) is 25.1 Å². The Morgan fingerprint density at radius 2 is 2.24 bits per heavy atom. The Labute approximate surface area is 98.1 Å². The van der Waals surface area contributed by atoms with Crippen molar-refractivity contribution >= 4 is 17.9 Å². The Balaban J connectivity index is 2.71. The topological polar surface area (TPSA) is 81.8 Å². The minimum Gasteiger partial charge on any atom is -0.465 e. The molecule has 0 aliphatic rings. The molecule has 90 valence electrons. The number of rotatable bonds is 5. The first-order valence-electron chi connectivity index (χ1n) is 5.04. The molecule has 0 bridgehead atoms. The molecular formula is C11H12N2O4. The van der Waals surface area contributed by atoms with Crippen LogP contribution in [0.2, 0.25) is 0 Å². The molecule has 1 aromatic carbocycles. The van der Waals surface area contributed by atoms with Crippen molar-refractivity contribution in [1.29, 1.82) is 0 Å². The first kappa shape index (κ1) is 12.8. The summed E-state index contributed by atoms with van der Waals surface area (Å²) in [5.41, 5.74) is 0.321. The number of nitrogens with zero attached hydrogens (tertiary/aromatic N) is 2. The molecule has 17 heavy (non-hydrogen) atoms. The minimum atomic E-state index is -0.494. The maximum atomic E-state index is 11.0. The molecule has 6 nitrogen and oxygen atoms in total. The minimum absolute atomic E-state index is 0.0416. The van der Waals surface area contributed by atoms with Crippen molar-refractivity contribution in [3.05, 3.63) is 39.9 Å². The van der Waals surface area contributed by atoms with Crippen LogP contribution in [0.4, 0.5) is 5.69 Å². The van der Waals surface area contributed by atoms with E-state index < -0.39 is 10.9 Å². The van der Waals surface area contributed by atoms with E-state index in [4.69, 9.17) is 0 Å². The van der Waals surface area contributed by atoms with E-state index in [-0.39, 0.29) is 12.2 Å². The second-order valence-electron chi connectivity index (χ2n) is 3.09. The predicted molar refractivity (Wildman–Crippen MR) is 62.2 cm³/mol. The van der Waals surface area contributed by atoms with Gasteiger partial charge in [0.05, 0.1) is 17.1 Å². The lowest BCUT2D eigenvalue weighted by atomic mass is 10.2. The van der Waals surface area contributed by atoms with Gasteiger partial charge in [0.2, 0.25) is 0 Å². The van der Waals surface area contributed by atoms with Crippen LogP contribution >= 0.6 is 0 Å². The van der Waals surface area contributed by atoms with Crippen LogP contribution in [0.15, 0.2) is 29.3 Å². The molecule has 0 aliphatic carbocycles. The van der Waals surface area contributed by atoms with Crippen molar-refractivity contribution in [1.82, 2.24) is 0 Å². The van der Waals surface area contributed by atoms with Gasteiger partial charge in [-0.2, -0.15) is 0 Å². The van der Waals surface area contributed by atoms with E-state index in [0.717, 1.165) is 0 Å². The number of esters is 1. The van der Waals surface area contributed by atoms with Crippen LogP contribution in [0.25, 0.3) is 0 Å². The number of carbonyl (C=O) groups excluding carboxylic acids is 1. The highest BCUT2D eigenvalue weighted by atomic mass is 16.6. The average molecular weight is 236 g/mol. The summed E-state index contributed by atoms with van der Waals surface area (Å²) < 4.78 is 4.67. The zero-order chi connectivity index (χ0) is 12.7. The lowest BCUT2D eigenvalue weighted by Gasteiger charge is -1.97. The molecule has 0 aromatic heterocycles. The first-order valence-corrected chi connectivity index (χ1v) is 5.04. The van der Waals surface area contributed by atoms with E-state index in [1.807, 2.05) is 0 Å². The first-order chi connectivity index (χ1) is 8.15. The Morgan fingerprint density at radius 3 is 2.88 bits per heavy atom. The van der Waals surface area contributed by atoms with Gasteiger partial charge in [-0.1, -0.05) is 12.1 Å². The summed E-state index contributed by atoms with van der Waals surface area (Å²) in [6, 6.07) is 6.18. The molecule has 0 N–H and O–H groups in total. The van der Waals surface area contributed by atoms with Crippen molar-refractivity contribution in [2.45, 2.75) is 6.92 Å². The fourth-order valence-electron chi connectivity index (χ4n) is 1.19. The number of para-hydroxylation sites is 1. The number of nitro benzene ring substituents is 1. The van der Waals surface area contributed by atoms with Crippen LogP contribution in [0.5, 0.6) is 0 Å². The molecule has 0 saturated heterocycles. The predicted octanol–water partition coefficient (Wildman–Crippen LogP) is 1.58. The van der Waals surface area contributed by atoms with Crippen LogP contribution in [-0.2, 0) is 9.53 Å². The number of nitro groups is 1. The third-order valence-corrected chi connectivity index (χ3v) is 1.89. The van der Waals surface area contributed by atoms with Crippen LogP contribution in [0, 0.1) is 10.1 Å². The molecule has 0 fully saturated rings. The molecule has 0 atom stereocenters. The van der Waals surface area contributed by atoms with Crippen molar-refractivity contribution in [2.24, 2.45) is 4.99 Å². The van der Waals surface area contributed by atoms with E-state index in [1.165, 1.54) is 12.3 Å². The molecular weight excluding hydrogens is 224 g/mol. The Morgan fingerprint density at radius 1 is 1.53 bits per heavy atom. The van der Waals surface area contributed by atoms with Gasteiger partial charge in [0, 0.05) is 12.3 Å². The third kappa shape index (κ3) is 4.02. The molecule has 0 saturated carbocycles. The molecule has 6 heteroatoms. The van der Waals surface area contributed by atoms with Crippen molar-refractivity contribution < 1.29 is 14.5 Å². The Hall–Kier alpha value is -2.24. The van der Waals surface area contributed by atoms with Gasteiger partial charge in [-0.15, -0.1) is 0 Å². The zero-order valence-corrected chi connectivity index (χ0v) is 9.33. The molecule has 0 spiro atoms. The summed E-state index contributed by atoms with van der Waals surface area (Å²) in [6.45, 7) is 1.85. The number of aliphatic imine (C=N–C) groups is 1. The summed E-state index contributed by atoms with van der Waals surface area (Å²) in [4.78, 5) is 25.0. The van der Waals surface area contributed by atoms with Crippen LogP contribution < -0.4 is 0 Å². The van der Waals surface area contributed by atoms with Gasteiger partial charge in [0.15, 0.2) is 0 Å². The fourth-order valence-corrected chi connectivity index (χ4v) is 1.19. The van der Waals surface area contributed by atoms with Crippen LogP contribution in [0.3, 0.4) is 0 Å². The van der Waals surface area contributed by atoms with Crippen LogP contribution in [-0.4, -0.2) is 30.3 Å². The van der Waals surface area contributed by atoms with E-state index in [0.29, 0.717) is 12.2 Å². The quantitative estimate of drug-likeness (QED) is 0.336. The fraction of sp³-hybridized carbons (Fsp3) is 0.273. The van der Waals surface area contributed by atoms with Crippen molar-refractivity contribution in [3.8, 4) is 0 Å². The summed E-state index contributed by atoms with van der Waals surface area (Å²) in [5.74, 6) is -0.456. The largest absolute Gasteiger partial charge is 0.465 e. The van der Waals surface area contributed by atoms with Gasteiger partial charge in [0.25, 0.3) is 5.69 Å². The van der Waals surface area contributed by atoms with Gasteiger partial charge >= 0.3 is 5.97 Å². The Kier molecular flexibility index (Phi) is 4.80. The number of hydrogen-bond donors (Lipinski definition) is 0. The zero-order valence-electron chi connectivity index (χ0n) is 9.33. The molecule has 0 heterocycles.